The van der Waals surface area contributed by atoms with Crippen molar-refractivity contribution >= 4 is 43.6 Å². The maximum Gasteiger partial charge on any atom is 0.0541 e. The number of benzene rings is 9. The summed E-state index contributed by atoms with van der Waals surface area (Å²) in [5, 5.41) is 5.01. The van der Waals surface area contributed by atoms with E-state index in [4.69, 9.17) is 0 Å². The summed E-state index contributed by atoms with van der Waals surface area (Å²) in [6, 6.07) is 76.8. The third kappa shape index (κ3) is 7.02. The second-order valence-electron chi connectivity index (χ2n) is 17.1. The SMILES string of the molecule is CCCCc1ccc(-c2ccc(-c3cccc(-n4c5ccccc5c5cc(-c6ccc7c(c6)c6ccccc6n7-c6ccccc6-c6cccc(CCC)c6)ccc54)c3)cc2)cc1. The van der Waals surface area contributed by atoms with Gasteiger partial charge in [0, 0.05) is 32.8 Å². The Balaban J connectivity index is 0.966. The van der Waals surface area contributed by atoms with Crippen molar-refractivity contribution in [3.8, 4) is 55.9 Å². The van der Waals surface area contributed by atoms with Gasteiger partial charge in [0.1, 0.15) is 0 Å². The monoisotopic (exact) mass is 810 g/mol. The van der Waals surface area contributed by atoms with Crippen molar-refractivity contribution in [2.45, 2.75) is 46.0 Å². The van der Waals surface area contributed by atoms with Crippen molar-refractivity contribution in [3.05, 3.63) is 217 Å². The average Bonchev–Trinajstić information content (AvgIpc) is 3.86. The van der Waals surface area contributed by atoms with Crippen molar-refractivity contribution in [1.29, 1.82) is 0 Å². The zero-order valence-electron chi connectivity index (χ0n) is 36.1. The van der Waals surface area contributed by atoms with Crippen LogP contribution in [0.25, 0.3) is 99.5 Å². The third-order valence-corrected chi connectivity index (χ3v) is 13.0. The van der Waals surface area contributed by atoms with Gasteiger partial charge >= 0.3 is 0 Å². The maximum atomic E-state index is 2.46. The van der Waals surface area contributed by atoms with Crippen LogP contribution in [0.5, 0.6) is 0 Å². The smallest absolute Gasteiger partial charge is 0.0541 e. The first-order valence-electron chi connectivity index (χ1n) is 22.7. The second-order valence-corrected chi connectivity index (χ2v) is 17.1. The van der Waals surface area contributed by atoms with Gasteiger partial charge in [-0.15, -0.1) is 0 Å². The predicted octanol–water partition coefficient (Wildman–Crippen LogP) is 16.8. The first-order chi connectivity index (χ1) is 31.1. The minimum absolute atomic E-state index is 1.08. The van der Waals surface area contributed by atoms with Crippen LogP contribution >= 0.6 is 0 Å². The van der Waals surface area contributed by atoms with E-state index in [1.165, 1.54) is 118 Å². The molecular formula is C61H50N2. The van der Waals surface area contributed by atoms with Gasteiger partial charge in [-0.3, -0.25) is 0 Å². The predicted molar refractivity (Wildman–Crippen MR) is 269 cm³/mol. The van der Waals surface area contributed by atoms with Crippen LogP contribution in [0.4, 0.5) is 0 Å². The van der Waals surface area contributed by atoms with Gasteiger partial charge in [-0.2, -0.15) is 0 Å². The van der Waals surface area contributed by atoms with Gasteiger partial charge in [0.2, 0.25) is 0 Å². The van der Waals surface area contributed by atoms with E-state index in [-0.39, 0.29) is 0 Å². The molecule has 2 nitrogen and oxygen atoms in total. The summed E-state index contributed by atoms with van der Waals surface area (Å²) in [5.41, 5.74) is 19.8. The van der Waals surface area contributed by atoms with Crippen molar-refractivity contribution in [2.24, 2.45) is 0 Å². The summed E-state index contributed by atoms with van der Waals surface area (Å²) in [5.74, 6) is 0. The Hall–Kier alpha value is -7.42. The van der Waals surface area contributed by atoms with Gasteiger partial charge < -0.3 is 9.13 Å². The van der Waals surface area contributed by atoms with Gasteiger partial charge in [-0.25, -0.2) is 0 Å². The van der Waals surface area contributed by atoms with Crippen LogP contribution in [0.3, 0.4) is 0 Å². The Labute approximate surface area is 370 Å². The van der Waals surface area contributed by atoms with E-state index in [2.05, 4.69) is 229 Å². The Kier molecular flexibility index (Phi) is 10.1. The molecule has 2 heteroatoms. The molecule has 0 radical (unpaired) electrons. The average molecular weight is 811 g/mol. The molecular weight excluding hydrogens is 761 g/mol. The largest absolute Gasteiger partial charge is 0.309 e. The lowest BCUT2D eigenvalue weighted by atomic mass is 9.98. The molecule has 9 aromatic carbocycles. The van der Waals surface area contributed by atoms with E-state index < -0.39 is 0 Å². The van der Waals surface area contributed by atoms with Crippen molar-refractivity contribution in [1.82, 2.24) is 9.13 Å². The summed E-state index contributed by atoms with van der Waals surface area (Å²) in [6.07, 6.45) is 5.82. The fourth-order valence-electron chi connectivity index (χ4n) is 9.86. The molecule has 0 atom stereocenters. The molecule has 0 aliphatic rings. The van der Waals surface area contributed by atoms with E-state index in [0.29, 0.717) is 0 Å². The fraction of sp³-hybridized carbons (Fsp3) is 0.115. The standard InChI is InChI=1S/C61H50N2/c1-3-5-15-42-26-28-44(29-27-42)45-30-32-46(33-31-45)47-17-13-19-51(39-47)62-58-24-10-7-21-53(58)55-40-48(34-36-60(55)62)49-35-37-61-56(41-49)54-22-8-11-25-59(54)63(61)57-23-9-6-20-52(57)50-18-12-16-43(38-50)14-4-2/h6-13,16-41H,3-5,14-15H2,1-2H3. The van der Waals surface area contributed by atoms with Gasteiger partial charge in [-0.05, 0) is 124 Å². The van der Waals surface area contributed by atoms with Crippen LogP contribution in [0, 0.1) is 0 Å². The van der Waals surface area contributed by atoms with E-state index in [1.807, 2.05) is 0 Å². The van der Waals surface area contributed by atoms with Crippen molar-refractivity contribution in [2.75, 3.05) is 0 Å². The van der Waals surface area contributed by atoms with Crippen LogP contribution in [0.2, 0.25) is 0 Å². The van der Waals surface area contributed by atoms with Crippen LogP contribution in [0.15, 0.2) is 206 Å². The molecule has 0 amide bonds. The quantitative estimate of drug-likeness (QED) is 0.123. The summed E-state index contributed by atoms with van der Waals surface area (Å²) in [4.78, 5) is 0. The molecule has 0 spiro atoms. The number of rotatable bonds is 11. The van der Waals surface area contributed by atoms with Gasteiger partial charge in [0.05, 0.1) is 27.8 Å². The summed E-state index contributed by atoms with van der Waals surface area (Å²) < 4.78 is 4.89. The second kappa shape index (κ2) is 16.5. The number of unbranched alkanes of at least 4 members (excludes halogenated alkanes) is 1. The molecule has 11 rings (SSSR count). The Bertz CT molecular complexity index is 3430. The molecule has 0 saturated heterocycles. The molecule has 0 aliphatic heterocycles. The molecule has 304 valence electrons. The molecule has 0 saturated carbocycles. The van der Waals surface area contributed by atoms with E-state index >= 15 is 0 Å². The lowest BCUT2D eigenvalue weighted by Crippen LogP contribution is -1.97. The lowest BCUT2D eigenvalue weighted by molar-refractivity contribution is 0.795. The van der Waals surface area contributed by atoms with Crippen molar-refractivity contribution in [3.63, 3.8) is 0 Å². The molecule has 0 unspecified atom stereocenters. The van der Waals surface area contributed by atoms with E-state index in [1.54, 1.807) is 0 Å². The van der Waals surface area contributed by atoms with E-state index in [0.717, 1.165) is 24.9 Å². The highest BCUT2D eigenvalue weighted by Gasteiger charge is 2.18. The number of aromatic nitrogens is 2. The van der Waals surface area contributed by atoms with Crippen LogP contribution in [0.1, 0.15) is 44.2 Å². The molecule has 0 N–H and O–H groups in total. The minimum Gasteiger partial charge on any atom is -0.309 e. The van der Waals surface area contributed by atoms with Crippen molar-refractivity contribution < 1.29 is 0 Å². The van der Waals surface area contributed by atoms with Crippen LogP contribution in [-0.4, -0.2) is 9.13 Å². The Morgan fingerprint density at radius 3 is 1.52 bits per heavy atom. The molecule has 0 aliphatic carbocycles. The molecule has 11 aromatic rings. The maximum absolute atomic E-state index is 2.46. The van der Waals surface area contributed by atoms with Gasteiger partial charge in [0.15, 0.2) is 0 Å². The molecule has 63 heavy (non-hydrogen) atoms. The molecule has 2 aromatic heterocycles. The molecule has 0 fully saturated rings. The Morgan fingerprint density at radius 1 is 0.317 bits per heavy atom. The highest BCUT2D eigenvalue weighted by atomic mass is 15.0. The van der Waals surface area contributed by atoms with E-state index in [9.17, 15) is 0 Å². The summed E-state index contributed by atoms with van der Waals surface area (Å²) in [6.45, 7) is 4.50. The number of hydrogen-bond donors (Lipinski definition) is 0. The topological polar surface area (TPSA) is 9.86 Å². The summed E-state index contributed by atoms with van der Waals surface area (Å²) >= 11 is 0. The summed E-state index contributed by atoms with van der Waals surface area (Å²) in [7, 11) is 0. The van der Waals surface area contributed by atoms with Crippen LogP contribution in [-0.2, 0) is 12.8 Å². The van der Waals surface area contributed by atoms with Gasteiger partial charge in [-0.1, -0.05) is 178 Å². The Morgan fingerprint density at radius 2 is 0.841 bits per heavy atom. The number of para-hydroxylation sites is 3. The normalized spacial score (nSPS) is 11.7. The number of nitrogens with zero attached hydrogens (tertiary/aromatic N) is 2. The first-order valence-corrected chi connectivity index (χ1v) is 22.7. The van der Waals surface area contributed by atoms with Gasteiger partial charge in [0.25, 0.3) is 0 Å². The number of hydrogen-bond acceptors (Lipinski definition) is 0. The molecule has 0 bridgehead atoms. The first kappa shape index (κ1) is 38.5. The third-order valence-electron chi connectivity index (χ3n) is 13.0. The molecule has 2 heterocycles. The zero-order valence-corrected chi connectivity index (χ0v) is 36.1. The minimum atomic E-state index is 1.08. The zero-order chi connectivity index (χ0) is 42.3. The fourth-order valence-corrected chi connectivity index (χ4v) is 9.86. The number of fused-ring (bicyclic) bond motifs is 6. The van der Waals surface area contributed by atoms with Crippen LogP contribution < -0.4 is 0 Å². The highest BCUT2D eigenvalue weighted by molar-refractivity contribution is 6.13. The number of aryl methyl sites for hydroxylation is 2. The highest BCUT2D eigenvalue weighted by Crippen LogP contribution is 2.40. The lowest BCUT2D eigenvalue weighted by Gasteiger charge is -2.15.